The number of aromatic nitrogens is 3. The Hall–Kier alpha value is -3.32. The molecule has 0 aliphatic heterocycles. The number of thiophene rings is 1. The first-order valence-electron chi connectivity index (χ1n) is 8.50. The van der Waals surface area contributed by atoms with E-state index in [1.54, 1.807) is 6.20 Å². The molecule has 0 saturated carbocycles. The van der Waals surface area contributed by atoms with Crippen molar-refractivity contribution in [1.29, 1.82) is 0 Å². The topological polar surface area (TPSA) is 79.8 Å². The molecule has 27 heavy (non-hydrogen) atoms. The number of hydrogen-bond acceptors (Lipinski definition) is 6. The lowest BCUT2D eigenvalue weighted by molar-refractivity contribution is 0.102. The van der Waals surface area contributed by atoms with Crippen LogP contribution < -0.4 is 10.6 Å². The zero-order valence-electron chi connectivity index (χ0n) is 14.6. The molecule has 0 unspecified atom stereocenters. The summed E-state index contributed by atoms with van der Waals surface area (Å²) in [5.41, 5.74) is 2.70. The van der Waals surface area contributed by atoms with Gasteiger partial charge < -0.3 is 10.6 Å². The van der Waals surface area contributed by atoms with Crippen molar-refractivity contribution in [3.8, 4) is 0 Å². The first-order chi connectivity index (χ1) is 13.2. The summed E-state index contributed by atoms with van der Waals surface area (Å²) in [5.74, 6) is 0.141. The Balaban J connectivity index is 1.64. The van der Waals surface area contributed by atoms with Gasteiger partial charge in [0.1, 0.15) is 0 Å². The minimum atomic E-state index is -0.260. The third-order valence-electron chi connectivity index (χ3n) is 4.03. The van der Waals surface area contributed by atoms with Gasteiger partial charge in [-0.3, -0.25) is 9.78 Å². The van der Waals surface area contributed by atoms with Gasteiger partial charge in [-0.25, -0.2) is 9.97 Å². The van der Waals surface area contributed by atoms with Gasteiger partial charge in [-0.1, -0.05) is 24.3 Å². The maximum absolute atomic E-state index is 12.8. The zero-order valence-corrected chi connectivity index (χ0v) is 15.4. The Morgan fingerprint density at radius 3 is 2.63 bits per heavy atom. The lowest BCUT2D eigenvalue weighted by Crippen LogP contribution is -2.17. The molecule has 7 heteroatoms. The Bertz CT molecular complexity index is 1070. The van der Waals surface area contributed by atoms with Crippen molar-refractivity contribution in [2.45, 2.75) is 13.0 Å². The van der Waals surface area contributed by atoms with Crippen LogP contribution >= 0.6 is 11.3 Å². The molecule has 0 saturated heterocycles. The summed E-state index contributed by atoms with van der Waals surface area (Å²) < 4.78 is 0.763. The van der Waals surface area contributed by atoms with E-state index in [4.69, 9.17) is 0 Å². The maximum Gasteiger partial charge on any atom is 0.275 e. The summed E-state index contributed by atoms with van der Waals surface area (Å²) in [6, 6.07) is 16.9. The summed E-state index contributed by atoms with van der Waals surface area (Å²) in [7, 11) is 0. The van der Waals surface area contributed by atoms with E-state index in [1.807, 2.05) is 66.9 Å². The Kier molecular flexibility index (Phi) is 4.76. The van der Waals surface area contributed by atoms with Crippen molar-refractivity contribution < 1.29 is 4.79 Å². The van der Waals surface area contributed by atoms with E-state index in [1.165, 1.54) is 11.3 Å². The van der Waals surface area contributed by atoms with Gasteiger partial charge in [0.25, 0.3) is 5.91 Å². The molecule has 134 valence electrons. The summed E-state index contributed by atoms with van der Waals surface area (Å²) in [6.45, 7) is 1.98. The molecule has 0 bridgehead atoms. The number of fused-ring (bicyclic) bond motifs is 1. The molecule has 1 aromatic carbocycles. The van der Waals surface area contributed by atoms with Crippen molar-refractivity contribution in [3.63, 3.8) is 0 Å². The zero-order chi connectivity index (χ0) is 18.6. The second-order valence-corrected chi connectivity index (χ2v) is 6.89. The summed E-state index contributed by atoms with van der Waals surface area (Å²) in [4.78, 5) is 26.2. The van der Waals surface area contributed by atoms with Crippen LogP contribution in [-0.4, -0.2) is 20.9 Å². The fraction of sp³-hybridized carbons (Fsp3) is 0.100. The average Bonchev–Trinajstić information content (AvgIpc) is 3.17. The highest BCUT2D eigenvalue weighted by Gasteiger charge is 2.18. The van der Waals surface area contributed by atoms with E-state index in [-0.39, 0.29) is 11.9 Å². The summed E-state index contributed by atoms with van der Waals surface area (Å²) in [5, 5.41) is 8.04. The highest BCUT2D eigenvalue weighted by atomic mass is 32.1. The minimum Gasteiger partial charge on any atom is -0.346 e. The molecule has 3 heterocycles. The highest BCUT2D eigenvalue weighted by molar-refractivity contribution is 7.17. The third kappa shape index (κ3) is 3.78. The molecule has 0 aliphatic rings. The standard InChI is InChI=1S/C20H17N5OS/c1-13(15-9-5-6-11-21-15)22-20-24-16-10-12-27-18(16)17(25-20)19(26)23-14-7-3-2-4-8-14/h2-13H,1H3,(H,23,26)(H,22,24,25)/t13-/m0/s1. The van der Waals surface area contributed by atoms with E-state index >= 15 is 0 Å². The molecule has 0 aliphatic carbocycles. The molecule has 1 amide bonds. The minimum absolute atomic E-state index is 0.0904. The largest absolute Gasteiger partial charge is 0.346 e. The number of amides is 1. The van der Waals surface area contributed by atoms with Gasteiger partial charge in [-0.2, -0.15) is 0 Å². The van der Waals surface area contributed by atoms with Crippen LogP contribution in [0.5, 0.6) is 0 Å². The molecule has 0 fully saturated rings. The second kappa shape index (κ2) is 7.51. The van der Waals surface area contributed by atoms with Crippen LogP contribution in [0, 0.1) is 0 Å². The van der Waals surface area contributed by atoms with Crippen molar-refractivity contribution >= 4 is 39.1 Å². The van der Waals surface area contributed by atoms with Gasteiger partial charge in [0.2, 0.25) is 5.95 Å². The third-order valence-corrected chi connectivity index (χ3v) is 4.94. The fourth-order valence-corrected chi connectivity index (χ4v) is 3.51. The molecule has 4 rings (SSSR count). The smallest absolute Gasteiger partial charge is 0.275 e. The number of para-hydroxylation sites is 1. The van der Waals surface area contributed by atoms with Gasteiger partial charge in [-0.15, -0.1) is 11.3 Å². The fourth-order valence-electron chi connectivity index (χ4n) is 2.69. The molecule has 0 spiro atoms. The Morgan fingerprint density at radius 1 is 1.04 bits per heavy atom. The first kappa shape index (κ1) is 17.1. The quantitative estimate of drug-likeness (QED) is 0.536. The maximum atomic E-state index is 12.8. The van der Waals surface area contributed by atoms with E-state index in [9.17, 15) is 4.79 Å². The number of nitrogens with zero attached hydrogens (tertiary/aromatic N) is 3. The first-order valence-corrected chi connectivity index (χ1v) is 9.38. The molecule has 3 aromatic heterocycles. The van der Waals surface area contributed by atoms with Crippen LogP contribution in [0.15, 0.2) is 66.2 Å². The lowest BCUT2D eigenvalue weighted by Gasteiger charge is -2.14. The van der Waals surface area contributed by atoms with Crippen molar-refractivity contribution in [2.75, 3.05) is 10.6 Å². The number of pyridine rings is 1. The van der Waals surface area contributed by atoms with Crippen LogP contribution in [0.3, 0.4) is 0 Å². The summed E-state index contributed by atoms with van der Waals surface area (Å²) in [6.07, 6.45) is 1.75. The molecule has 2 N–H and O–H groups in total. The molecule has 4 aromatic rings. The van der Waals surface area contributed by atoms with Gasteiger partial charge in [0.05, 0.1) is 22.0 Å². The predicted molar refractivity (Wildman–Crippen MR) is 108 cm³/mol. The predicted octanol–water partition coefficient (Wildman–Crippen LogP) is 4.51. The van der Waals surface area contributed by atoms with Gasteiger partial charge in [0.15, 0.2) is 5.69 Å². The monoisotopic (exact) mass is 375 g/mol. The highest BCUT2D eigenvalue weighted by Crippen LogP contribution is 2.25. The van der Waals surface area contributed by atoms with Crippen molar-refractivity contribution in [1.82, 2.24) is 15.0 Å². The Labute approximate surface area is 160 Å². The second-order valence-electron chi connectivity index (χ2n) is 5.97. The number of anilines is 2. The van der Waals surface area contributed by atoms with Crippen molar-refractivity contribution in [2.24, 2.45) is 0 Å². The van der Waals surface area contributed by atoms with Crippen LogP contribution in [0.2, 0.25) is 0 Å². The van der Waals surface area contributed by atoms with Gasteiger partial charge in [0, 0.05) is 11.9 Å². The van der Waals surface area contributed by atoms with E-state index < -0.39 is 0 Å². The normalized spacial score (nSPS) is 11.9. The average molecular weight is 375 g/mol. The number of rotatable bonds is 5. The number of benzene rings is 1. The number of carbonyl (C=O) groups is 1. The number of carbonyl (C=O) groups excluding carboxylic acids is 1. The molecular formula is C20H17N5OS. The molecule has 1 atom stereocenters. The van der Waals surface area contributed by atoms with Crippen LogP contribution in [-0.2, 0) is 0 Å². The molecule has 0 radical (unpaired) electrons. The van der Waals surface area contributed by atoms with Crippen molar-refractivity contribution in [3.05, 3.63) is 77.6 Å². The van der Waals surface area contributed by atoms with Gasteiger partial charge in [-0.05, 0) is 42.6 Å². The van der Waals surface area contributed by atoms with Crippen LogP contribution in [0.4, 0.5) is 11.6 Å². The Morgan fingerprint density at radius 2 is 1.85 bits per heavy atom. The van der Waals surface area contributed by atoms with E-state index in [0.717, 1.165) is 21.6 Å². The van der Waals surface area contributed by atoms with Crippen LogP contribution in [0.25, 0.3) is 10.2 Å². The summed E-state index contributed by atoms with van der Waals surface area (Å²) >= 11 is 1.45. The van der Waals surface area contributed by atoms with E-state index in [0.29, 0.717) is 11.6 Å². The number of hydrogen-bond donors (Lipinski definition) is 2. The van der Waals surface area contributed by atoms with E-state index in [2.05, 4.69) is 25.6 Å². The SMILES string of the molecule is C[C@H](Nc1nc(C(=O)Nc2ccccc2)c2sccc2n1)c1ccccn1. The molecular weight excluding hydrogens is 358 g/mol. The number of nitrogens with one attached hydrogen (secondary N) is 2. The lowest BCUT2D eigenvalue weighted by atomic mass is 10.2. The molecule has 6 nitrogen and oxygen atoms in total. The van der Waals surface area contributed by atoms with Gasteiger partial charge >= 0.3 is 0 Å². The van der Waals surface area contributed by atoms with Crippen LogP contribution in [0.1, 0.15) is 29.1 Å².